The number of ether oxygens (including phenoxy) is 1. The average Bonchev–Trinajstić information content (AvgIpc) is 2.76. The standard InChI is InChI=1S/C18H26O3/c1-17-8-7-12(19)9-11(17)3-4-13-14-5-6-15(20)18(14,2)10-21-16(13)17/h7-9,11,13-16,19-20H,3-6,10H2,1-2H3/t11?,13-,14-,15?,16+,17-,18-/m0/s1. The SMILES string of the molecule is C[C@]12C=CC(O)=CC1CC[C@@H]1[C@H]2OC[C@]2(C)C(O)CC[C@@H]12. The molecule has 21 heavy (non-hydrogen) atoms. The Balaban J connectivity index is 1.68. The van der Waals surface area contributed by atoms with Crippen molar-refractivity contribution in [2.24, 2.45) is 28.6 Å². The van der Waals surface area contributed by atoms with Crippen LogP contribution in [0.3, 0.4) is 0 Å². The van der Waals surface area contributed by atoms with Gasteiger partial charge in [-0.05, 0) is 55.6 Å². The van der Waals surface area contributed by atoms with Crippen LogP contribution >= 0.6 is 0 Å². The van der Waals surface area contributed by atoms with Crippen LogP contribution in [0.25, 0.3) is 0 Å². The highest BCUT2D eigenvalue weighted by Gasteiger charge is 2.60. The summed E-state index contributed by atoms with van der Waals surface area (Å²) in [7, 11) is 0. The number of aliphatic hydroxyl groups is 2. The third-order valence-corrected chi connectivity index (χ3v) is 7.05. The van der Waals surface area contributed by atoms with Gasteiger partial charge in [-0.3, -0.25) is 0 Å². The fourth-order valence-corrected chi connectivity index (χ4v) is 5.65. The highest BCUT2D eigenvalue weighted by Crippen LogP contribution is 2.60. The second-order valence-electron chi connectivity index (χ2n) is 8.08. The maximum absolute atomic E-state index is 10.4. The van der Waals surface area contributed by atoms with E-state index in [1.165, 1.54) is 0 Å². The fourth-order valence-electron chi connectivity index (χ4n) is 5.65. The van der Waals surface area contributed by atoms with Gasteiger partial charge in [0.25, 0.3) is 0 Å². The van der Waals surface area contributed by atoms with Gasteiger partial charge in [0.15, 0.2) is 0 Å². The summed E-state index contributed by atoms with van der Waals surface area (Å²) in [5.41, 5.74) is -0.0647. The van der Waals surface area contributed by atoms with E-state index < -0.39 is 0 Å². The third-order valence-electron chi connectivity index (χ3n) is 7.05. The van der Waals surface area contributed by atoms with Gasteiger partial charge in [-0.2, -0.15) is 0 Å². The molecule has 4 aliphatic rings. The van der Waals surface area contributed by atoms with Crippen LogP contribution in [0, 0.1) is 28.6 Å². The van der Waals surface area contributed by atoms with E-state index in [1.807, 2.05) is 12.2 Å². The molecule has 0 amide bonds. The Morgan fingerprint density at radius 3 is 2.81 bits per heavy atom. The Morgan fingerprint density at radius 1 is 1.19 bits per heavy atom. The zero-order chi connectivity index (χ0) is 14.8. The van der Waals surface area contributed by atoms with Crippen molar-refractivity contribution in [2.45, 2.75) is 51.7 Å². The van der Waals surface area contributed by atoms with Crippen molar-refractivity contribution in [3.63, 3.8) is 0 Å². The van der Waals surface area contributed by atoms with Crippen molar-refractivity contribution in [1.82, 2.24) is 0 Å². The molecule has 3 fully saturated rings. The number of fused-ring (bicyclic) bond motifs is 5. The van der Waals surface area contributed by atoms with Gasteiger partial charge in [-0.25, -0.2) is 0 Å². The lowest BCUT2D eigenvalue weighted by Crippen LogP contribution is -2.58. The van der Waals surface area contributed by atoms with E-state index in [0.717, 1.165) is 25.7 Å². The molecule has 2 saturated carbocycles. The largest absolute Gasteiger partial charge is 0.508 e. The molecule has 2 N–H and O–H groups in total. The first-order valence-corrected chi connectivity index (χ1v) is 8.35. The fraction of sp³-hybridized carbons (Fsp3) is 0.778. The molecule has 1 heterocycles. The lowest BCUT2D eigenvalue weighted by atomic mass is 9.54. The number of hydrogen-bond donors (Lipinski definition) is 2. The molecule has 2 unspecified atom stereocenters. The topological polar surface area (TPSA) is 49.7 Å². The molecule has 0 aromatic heterocycles. The summed E-state index contributed by atoms with van der Waals surface area (Å²) in [6.45, 7) is 5.16. The Labute approximate surface area is 126 Å². The van der Waals surface area contributed by atoms with Crippen LogP contribution in [0.1, 0.15) is 39.5 Å². The van der Waals surface area contributed by atoms with Crippen LogP contribution in [-0.2, 0) is 4.74 Å². The summed E-state index contributed by atoms with van der Waals surface area (Å²) in [4.78, 5) is 0. The quantitative estimate of drug-likeness (QED) is 0.720. The maximum atomic E-state index is 10.4. The molecule has 116 valence electrons. The first kappa shape index (κ1) is 13.8. The van der Waals surface area contributed by atoms with Crippen molar-refractivity contribution < 1.29 is 14.9 Å². The molecule has 0 aromatic rings. The van der Waals surface area contributed by atoms with Gasteiger partial charge in [0, 0.05) is 10.8 Å². The number of allylic oxidation sites excluding steroid dienone is 2. The molecule has 1 saturated heterocycles. The van der Waals surface area contributed by atoms with Gasteiger partial charge in [0.2, 0.25) is 0 Å². The van der Waals surface area contributed by atoms with Crippen LogP contribution in [0.5, 0.6) is 0 Å². The summed E-state index contributed by atoms with van der Waals surface area (Å²) >= 11 is 0. The van der Waals surface area contributed by atoms with Crippen LogP contribution in [0.4, 0.5) is 0 Å². The van der Waals surface area contributed by atoms with Crippen molar-refractivity contribution in [1.29, 1.82) is 0 Å². The van der Waals surface area contributed by atoms with E-state index in [-0.39, 0.29) is 23.0 Å². The molecule has 3 heteroatoms. The van der Waals surface area contributed by atoms with Crippen molar-refractivity contribution in [3.05, 3.63) is 24.0 Å². The van der Waals surface area contributed by atoms with E-state index >= 15 is 0 Å². The van der Waals surface area contributed by atoms with Gasteiger partial charge in [-0.1, -0.05) is 19.9 Å². The Morgan fingerprint density at radius 2 is 2.00 bits per heavy atom. The Hall–Kier alpha value is -0.800. The predicted octanol–water partition coefficient (Wildman–Crippen LogP) is 3.21. The van der Waals surface area contributed by atoms with Crippen molar-refractivity contribution in [3.8, 4) is 0 Å². The molecule has 4 rings (SSSR count). The van der Waals surface area contributed by atoms with Gasteiger partial charge in [0.05, 0.1) is 18.8 Å². The minimum absolute atomic E-state index is 0.00990. The first-order chi connectivity index (χ1) is 9.95. The summed E-state index contributed by atoms with van der Waals surface area (Å²) < 4.78 is 6.35. The summed E-state index contributed by atoms with van der Waals surface area (Å²) in [5, 5.41) is 20.2. The highest BCUT2D eigenvalue weighted by molar-refractivity contribution is 5.27. The molecular formula is C18H26O3. The molecule has 0 aromatic carbocycles. The molecule has 3 aliphatic carbocycles. The normalized spacial score (nSPS) is 55.4. The molecule has 0 spiro atoms. The molecule has 0 bridgehead atoms. The van der Waals surface area contributed by atoms with Crippen molar-refractivity contribution >= 4 is 0 Å². The van der Waals surface area contributed by atoms with Gasteiger partial charge >= 0.3 is 0 Å². The van der Waals surface area contributed by atoms with Crippen LogP contribution in [0.15, 0.2) is 24.0 Å². The highest BCUT2D eigenvalue weighted by atomic mass is 16.5. The number of hydrogen-bond acceptors (Lipinski definition) is 3. The second kappa shape index (κ2) is 4.36. The second-order valence-corrected chi connectivity index (χ2v) is 8.08. The maximum Gasteiger partial charge on any atom is 0.111 e. The molecule has 0 radical (unpaired) electrons. The molecule has 3 nitrogen and oxygen atoms in total. The Bertz CT molecular complexity index is 511. The van der Waals surface area contributed by atoms with Crippen molar-refractivity contribution in [2.75, 3.05) is 6.61 Å². The van der Waals surface area contributed by atoms with Gasteiger partial charge < -0.3 is 14.9 Å². The monoisotopic (exact) mass is 290 g/mol. The smallest absolute Gasteiger partial charge is 0.111 e. The predicted molar refractivity (Wildman–Crippen MR) is 80.8 cm³/mol. The zero-order valence-corrected chi connectivity index (χ0v) is 13.0. The lowest BCUT2D eigenvalue weighted by molar-refractivity contribution is -0.198. The summed E-state index contributed by atoms with van der Waals surface area (Å²) in [5.74, 6) is 1.89. The zero-order valence-electron chi connectivity index (χ0n) is 13.0. The number of rotatable bonds is 0. The minimum atomic E-state index is -0.209. The van der Waals surface area contributed by atoms with E-state index in [4.69, 9.17) is 4.74 Å². The van der Waals surface area contributed by atoms with Gasteiger partial charge in [0.1, 0.15) is 5.76 Å². The van der Waals surface area contributed by atoms with E-state index in [0.29, 0.717) is 30.1 Å². The van der Waals surface area contributed by atoms with E-state index in [9.17, 15) is 10.2 Å². The summed E-state index contributed by atoms with van der Waals surface area (Å²) in [6.07, 6.45) is 10.3. The molecular weight excluding hydrogens is 264 g/mol. The third kappa shape index (κ3) is 1.74. The molecule has 7 atom stereocenters. The molecule has 1 aliphatic heterocycles. The lowest BCUT2D eigenvalue weighted by Gasteiger charge is -2.57. The van der Waals surface area contributed by atoms with E-state index in [2.05, 4.69) is 19.9 Å². The number of aliphatic hydroxyl groups excluding tert-OH is 2. The van der Waals surface area contributed by atoms with E-state index in [1.54, 1.807) is 0 Å². The average molecular weight is 290 g/mol. The van der Waals surface area contributed by atoms with Crippen LogP contribution in [-0.4, -0.2) is 29.0 Å². The van der Waals surface area contributed by atoms with Gasteiger partial charge in [-0.15, -0.1) is 0 Å². The minimum Gasteiger partial charge on any atom is -0.508 e. The first-order valence-electron chi connectivity index (χ1n) is 8.35. The van der Waals surface area contributed by atoms with Crippen LogP contribution < -0.4 is 0 Å². The summed E-state index contributed by atoms with van der Waals surface area (Å²) in [6, 6.07) is 0. The van der Waals surface area contributed by atoms with Crippen LogP contribution in [0.2, 0.25) is 0 Å². The Kier molecular flexibility index (Phi) is 2.87.